The molecule has 0 bridgehead atoms. The van der Waals surface area contributed by atoms with Crippen LogP contribution in [0.1, 0.15) is 50.2 Å². The molecule has 208 valence electrons. The minimum atomic E-state index is -1.19. The van der Waals surface area contributed by atoms with E-state index >= 15 is 0 Å². The highest BCUT2D eigenvalue weighted by Gasteiger charge is 2.44. The number of unbranched alkanes of at least 4 members (excludes halogenated alkanes) is 1. The molecule has 2 aliphatic heterocycles. The first-order valence-corrected chi connectivity index (χ1v) is 13.9. The van der Waals surface area contributed by atoms with Crippen molar-refractivity contribution in [3.05, 3.63) is 59.7 Å². The Hall–Kier alpha value is -2.65. The fourth-order valence-electron chi connectivity index (χ4n) is 5.71. The molecule has 2 aromatic rings. The van der Waals surface area contributed by atoms with E-state index in [-0.39, 0.29) is 18.5 Å². The Bertz CT molecular complexity index is 1060. The maximum absolute atomic E-state index is 13.3. The first-order chi connectivity index (χ1) is 18.3. The smallest absolute Gasteiger partial charge is 0.320 e. The number of carbonyl (C=O) groups excluding carboxylic acids is 1. The lowest BCUT2D eigenvalue weighted by atomic mass is 9.73. The number of hydrogen-bond acceptors (Lipinski definition) is 6. The Labute approximate surface area is 226 Å². The fraction of sp³-hybridized carbons (Fsp3) is 0.567. The summed E-state index contributed by atoms with van der Waals surface area (Å²) in [7, 11) is 0. The number of ether oxygens (including phenoxy) is 2. The quantitative estimate of drug-likeness (QED) is 0.405. The molecule has 2 saturated heterocycles. The lowest BCUT2D eigenvalue weighted by Gasteiger charge is -2.44. The number of aliphatic hydroxyl groups excluding tert-OH is 1. The van der Waals surface area contributed by atoms with Gasteiger partial charge in [0.15, 0.2) is 0 Å². The van der Waals surface area contributed by atoms with E-state index in [1.165, 1.54) is 0 Å². The van der Waals surface area contributed by atoms with Gasteiger partial charge in [0.1, 0.15) is 11.5 Å². The zero-order valence-electron chi connectivity index (χ0n) is 22.7. The average Bonchev–Trinajstić information content (AvgIpc) is 3.27. The van der Waals surface area contributed by atoms with Gasteiger partial charge >= 0.3 is 6.03 Å². The Kier molecular flexibility index (Phi) is 9.65. The Morgan fingerprint density at radius 1 is 1.05 bits per heavy atom. The SMILES string of the molecule is CCOCCCCC(O)(c1ccccc1Oc1ccccc1C)C1CCCN(C(=O)N2CC(N)C(O)C2)C1. The average molecular weight is 526 g/mol. The number of urea groups is 1. The molecular formula is C30H43N3O5. The molecule has 4 N–H and O–H groups in total. The van der Waals surface area contributed by atoms with Crippen molar-refractivity contribution >= 4 is 6.03 Å². The molecule has 0 spiro atoms. The third-order valence-electron chi connectivity index (χ3n) is 7.94. The van der Waals surface area contributed by atoms with Crippen molar-refractivity contribution in [2.75, 3.05) is 39.4 Å². The summed E-state index contributed by atoms with van der Waals surface area (Å²) in [6.07, 6.45) is 3.05. The van der Waals surface area contributed by atoms with Crippen molar-refractivity contribution in [3.8, 4) is 11.5 Å². The molecule has 0 saturated carbocycles. The number of hydrogen-bond donors (Lipinski definition) is 3. The molecule has 0 radical (unpaired) electrons. The molecule has 4 unspecified atom stereocenters. The molecule has 4 rings (SSSR count). The van der Waals surface area contributed by atoms with E-state index in [0.29, 0.717) is 45.0 Å². The van der Waals surface area contributed by atoms with Crippen LogP contribution >= 0.6 is 0 Å². The van der Waals surface area contributed by atoms with Crippen LogP contribution < -0.4 is 10.5 Å². The van der Waals surface area contributed by atoms with E-state index < -0.39 is 17.7 Å². The summed E-state index contributed by atoms with van der Waals surface area (Å²) in [5.74, 6) is 1.21. The van der Waals surface area contributed by atoms with Gasteiger partial charge in [-0.2, -0.15) is 0 Å². The van der Waals surface area contributed by atoms with E-state index in [0.717, 1.165) is 42.6 Å². The molecule has 4 atom stereocenters. The predicted molar refractivity (Wildman–Crippen MR) is 147 cm³/mol. The van der Waals surface area contributed by atoms with Crippen molar-refractivity contribution < 1.29 is 24.5 Å². The minimum absolute atomic E-state index is 0.121. The lowest BCUT2D eigenvalue weighted by molar-refractivity contribution is -0.0589. The van der Waals surface area contributed by atoms with Gasteiger partial charge < -0.3 is 35.2 Å². The number of benzene rings is 2. The first kappa shape index (κ1) is 28.4. The van der Waals surface area contributed by atoms with Crippen LogP contribution in [0, 0.1) is 12.8 Å². The normalized spacial score (nSPS) is 23.3. The molecular weight excluding hydrogens is 482 g/mol. The number of piperidine rings is 1. The largest absolute Gasteiger partial charge is 0.457 e. The summed E-state index contributed by atoms with van der Waals surface area (Å²) in [6, 6.07) is 15.0. The van der Waals surface area contributed by atoms with Crippen LogP contribution in [0.3, 0.4) is 0 Å². The van der Waals surface area contributed by atoms with Crippen LogP contribution in [-0.4, -0.2) is 77.6 Å². The molecule has 0 aromatic heterocycles. The van der Waals surface area contributed by atoms with E-state index in [1.807, 2.05) is 67.3 Å². The van der Waals surface area contributed by atoms with Gasteiger partial charge in [0.25, 0.3) is 0 Å². The van der Waals surface area contributed by atoms with E-state index in [4.69, 9.17) is 15.2 Å². The second-order valence-corrected chi connectivity index (χ2v) is 10.6. The highest BCUT2D eigenvalue weighted by Crippen LogP contribution is 2.44. The number of para-hydroxylation sites is 2. The van der Waals surface area contributed by atoms with Gasteiger partial charge in [-0.3, -0.25) is 0 Å². The van der Waals surface area contributed by atoms with Gasteiger partial charge in [-0.05, 0) is 63.6 Å². The van der Waals surface area contributed by atoms with Crippen LogP contribution in [0.25, 0.3) is 0 Å². The second kappa shape index (κ2) is 12.9. The standard InChI is InChI=1S/C30H43N3O5/c1-3-37-18-9-8-16-30(36,24-13-5-7-15-28(24)38-27-14-6-4-11-22(27)2)23-12-10-17-32(19-23)29(35)33-20-25(31)26(34)21-33/h4-7,11,13-15,23,25-26,34,36H,3,8-10,12,16-21,31H2,1-2H3. The number of amides is 2. The maximum Gasteiger partial charge on any atom is 0.320 e. The zero-order chi connectivity index (χ0) is 27.1. The van der Waals surface area contributed by atoms with E-state index in [2.05, 4.69) is 0 Å². The fourth-order valence-corrected chi connectivity index (χ4v) is 5.71. The number of likely N-dealkylation sites (tertiary alicyclic amines) is 2. The first-order valence-electron chi connectivity index (χ1n) is 13.9. The third kappa shape index (κ3) is 6.49. The summed E-state index contributed by atoms with van der Waals surface area (Å²) < 4.78 is 11.9. The van der Waals surface area contributed by atoms with Crippen molar-refractivity contribution in [2.45, 2.75) is 63.7 Å². The van der Waals surface area contributed by atoms with Crippen LogP contribution in [0.15, 0.2) is 48.5 Å². The number of nitrogens with two attached hydrogens (primary N) is 1. The lowest BCUT2D eigenvalue weighted by Crippen LogP contribution is -2.51. The third-order valence-corrected chi connectivity index (χ3v) is 7.94. The Morgan fingerprint density at radius 2 is 1.79 bits per heavy atom. The summed E-state index contributed by atoms with van der Waals surface area (Å²) in [5, 5.41) is 22.6. The minimum Gasteiger partial charge on any atom is -0.457 e. The van der Waals surface area contributed by atoms with Gasteiger partial charge in [-0.25, -0.2) is 4.79 Å². The van der Waals surface area contributed by atoms with Crippen LogP contribution in [0.4, 0.5) is 4.79 Å². The molecule has 0 aliphatic carbocycles. The van der Waals surface area contributed by atoms with Crippen LogP contribution in [0.5, 0.6) is 11.5 Å². The summed E-state index contributed by atoms with van der Waals surface area (Å²) in [4.78, 5) is 16.8. The Morgan fingerprint density at radius 3 is 2.50 bits per heavy atom. The van der Waals surface area contributed by atoms with Crippen molar-refractivity contribution in [1.82, 2.24) is 9.80 Å². The topological polar surface area (TPSA) is 108 Å². The molecule has 2 aromatic carbocycles. The molecule has 8 heteroatoms. The van der Waals surface area contributed by atoms with Crippen LogP contribution in [-0.2, 0) is 10.3 Å². The molecule has 8 nitrogen and oxygen atoms in total. The number of β-amino-alcohol motifs (C(OH)–C–C–N with tert-alkyl or cyclic N) is 1. The molecule has 38 heavy (non-hydrogen) atoms. The predicted octanol–water partition coefficient (Wildman–Crippen LogP) is 4.02. The molecule has 2 fully saturated rings. The summed E-state index contributed by atoms with van der Waals surface area (Å²) in [6.45, 7) is 6.96. The Balaban J connectivity index is 1.60. The highest BCUT2D eigenvalue weighted by molar-refractivity contribution is 5.75. The monoisotopic (exact) mass is 525 g/mol. The second-order valence-electron chi connectivity index (χ2n) is 10.6. The molecule has 2 aliphatic rings. The van der Waals surface area contributed by atoms with Crippen LogP contribution in [0.2, 0.25) is 0 Å². The van der Waals surface area contributed by atoms with Gasteiger partial charge in [0, 0.05) is 56.9 Å². The van der Waals surface area contributed by atoms with E-state index in [9.17, 15) is 15.0 Å². The number of aryl methyl sites for hydroxylation is 1. The highest BCUT2D eigenvalue weighted by atomic mass is 16.5. The molecule has 2 heterocycles. The van der Waals surface area contributed by atoms with Crippen molar-refractivity contribution in [1.29, 1.82) is 0 Å². The maximum atomic E-state index is 13.3. The zero-order valence-corrected chi connectivity index (χ0v) is 22.7. The van der Waals surface area contributed by atoms with Gasteiger partial charge in [0.05, 0.1) is 11.7 Å². The van der Waals surface area contributed by atoms with E-state index in [1.54, 1.807) is 4.90 Å². The number of rotatable bonds is 10. The number of nitrogens with zero attached hydrogens (tertiary/aromatic N) is 2. The number of aliphatic hydroxyl groups is 2. The van der Waals surface area contributed by atoms with Gasteiger partial charge in [-0.15, -0.1) is 0 Å². The van der Waals surface area contributed by atoms with Crippen molar-refractivity contribution in [3.63, 3.8) is 0 Å². The number of carbonyl (C=O) groups is 1. The summed E-state index contributed by atoms with van der Waals surface area (Å²) in [5.41, 5.74) is 6.54. The van der Waals surface area contributed by atoms with Gasteiger partial charge in [0.2, 0.25) is 0 Å². The van der Waals surface area contributed by atoms with Gasteiger partial charge in [-0.1, -0.05) is 36.4 Å². The molecule has 2 amide bonds. The van der Waals surface area contributed by atoms with Crippen molar-refractivity contribution in [2.24, 2.45) is 11.7 Å². The summed E-state index contributed by atoms with van der Waals surface area (Å²) >= 11 is 0.